The molecule has 1 aromatic rings. The second-order valence-electron chi connectivity index (χ2n) is 7.25. The number of imide groups is 2. The fourth-order valence-corrected chi connectivity index (χ4v) is 3.55. The molecule has 144 valence electrons. The first-order valence-corrected chi connectivity index (χ1v) is 9.31. The van der Waals surface area contributed by atoms with Crippen LogP contribution in [0.25, 0.3) is 0 Å². The molecule has 27 heavy (non-hydrogen) atoms. The highest BCUT2D eigenvalue weighted by Gasteiger charge is 2.35. The third-order valence-electron chi connectivity index (χ3n) is 5.41. The molecule has 0 aromatic heterocycles. The largest absolute Gasteiger partial charge is 0.490 e. The number of benzene rings is 1. The van der Waals surface area contributed by atoms with Gasteiger partial charge >= 0.3 is 0 Å². The molecule has 2 aliphatic rings. The monoisotopic (exact) mass is 372 g/mol. The highest BCUT2D eigenvalue weighted by molar-refractivity contribution is 6.07. The number of aryl methyl sites for hydroxylation is 1. The highest BCUT2D eigenvalue weighted by Crippen LogP contribution is 2.34. The van der Waals surface area contributed by atoms with E-state index >= 15 is 0 Å². The Balaban J connectivity index is 1.76. The van der Waals surface area contributed by atoms with Crippen LogP contribution in [0, 0.1) is 12.8 Å². The molecule has 0 radical (unpaired) electrons. The van der Waals surface area contributed by atoms with Gasteiger partial charge in [0.2, 0.25) is 18.2 Å². The Hall–Kier alpha value is -2.70. The SMILES string of the molecule is CCC1CC(Oc2ccc(C)c(C(=O)N(C=O)C3CCC(=O)NC3=O)c2)C1. The van der Waals surface area contributed by atoms with Gasteiger partial charge in [-0.1, -0.05) is 19.4 Å². The first kappa shape index (κ1) is 19.1. The Bertz CT molecular complexity index is 770. The van der Waals surface area contributed by atoms with Crippen LogP contribution >= 0.6 is 0 Å². The van der Waals surface area contributed by atoms with E-state index in [4.69, 9.17) is 4.74 Å². The minimum atomic E-state index is -0.978. The van der Waals surface area contributed by atoms with Crippen LogP contribution < -0.4 is 10.1 Å². The maximum Gasteiger partial charge on any atom is 0.261 e. The maximum atomic E-state index is 12.9. The van der Waals surface area contributed by atoms with Gasteiger partial charge in [0.1, 0.15) is 11.8 Å². The fraction of sp³-hybridized carbons (Fsp3) is 0.500. The summed E-state index contributed by atoms with van der Waals surface area (Å²) in [5, 5.41) is 2.17. The molecule has 1 saturated carbocycles. The van der Waals surface area contributed by atoms with Crippen LogP contribution in [0.2, 0.25) is 0 Å². The molecular weight excluding hydrogens is 348 g/mol. The van der Waals surface area contributed by atoms with Crippen LogP contribution in [0.3, 0.4) is 0 Å². The lowest BCUT2D eigenvalue weighted by Crippen LogP contribution is -2.53. The van der Waals surface area contributed by atoms with Gasteiger partial charge in [0, 0.05) is 12.0 Å². The lowest BCUT2D eigenvalue weighted by molar-refractivity contribution is -0.139. The molecule has 1 aromatic carbocycles. The van der Waals surface area contributed by atoms with Crippen LogP contribution in [0.15, 0.2) is 18.2 Å². The number of ether oxygens (including phenoxy) is 1. The standard InChI is InChI=1S/C20H24N2O5/c1-3-13-8-15(9-13)27-14-5-4-12(2)16(10-14)20(26)22(11-23)17-6-7-18(24)21-19(17)25/h4-5,10-11,13,15,17H,3,6-9H2,1-2H3,(H,21,24,25). The van der Waals surface area contributed by atoms with Crippen LogP contribution in [0.5, 0.6) is 5.75 Å². The number of hydrogen-bond acceptors (Lipinski definition) is 5. The average Bonchev–Trinajstić information content (AvgIpc) is 2.61. The average molecular weight is 372 g/mol. The predicted octanol–water partition coefficient (Wildman–Crippen LogP) is 1.97. The summed E-state index contributed by atoms with van der Waals surface area (Å²) in [7, 11) is 0. The number of nitrogens with one attached hydrogen (secondary N) is 1. The summed E-state index contributed by atoms with van der Waals surface area (Å²) in [6.45, 7) is 3.92. The Morgan fingerprint density at radius 2 is 2.07 bits per heavy atom. The zero-order valence-electron chi connectivity index (χ0n) is 15.6. The number of rotatable bonds is 6. The van der Waals surface area contributed by atoms with E-state index in [1.807, 2.05) is 6.07 Å². The lowest BCUT2D eigenvalue weighted by atomic mass is 9.80. The predicted molar refractivity (Wildman–Crippen MR) is 97.0 cm³/mol. The van der Waals surface area contributed by atoms with Gasteiger partial charge in [-0.15, -0.1) is 0 Å². The molecule has 4 amide bonds. The third kappa shape index (κ3) is 4.02. The van der Waals surface area contributed by atoms with E-state index in [0.717, 1.165) is 24.2 Å². The van der Waals surface area contributed by atoms with E-state index in [9.17, 15) is 19.2 Å². The Kier molecular flexibility index (Phi) is 5.58. The van der Waals surface area contributed by atoms with Crippen LogP contribution in [0.1, 0.15) is 54.9 Å². The number of nitrogens with zero attached hydrogens (tertiary/aromatic N) is 1. The second-order valence-corrected chi connectivity index (χ2v) is 7.25. The molecule has 1 saturated heterocycles. The van der Waals surface area contributed by atoms with Gasteiger partial charge in [0.15, 0.2) is 0 Å². The van der Waals surface area contributed by atoms with Gasteiger partial charge in [0.25, 0.3) is 5.91 Å². The fourth-order valence-electron chi connectivity index (χ4n) is 3.55. The third-order valence-corrected chi connectivity index (χ3v) is 5.41. The minimum absolute atomic E-state index is 0.0937. The van der Waals surface area contributed by atoms with Crippen molar-refractivity contribution in [1.82, 2.24) is 10.2 Å². The van der Waals surface area contributed by atoms with E-state index in [1.54, 1.807) is 19.1 Å². The highest BCUT2D eigenvalue weighted by atomic mass is 16.5. The molecule has 2 fully saturated rings. The van der Waals surface area contributed by atoms with Crippen molar-refractivity contribution in [2.45, 2.75) is 58.1 Å². The summed E-state index contributed by atoms with van der Waals surface area (Å²) < 4.78 is 5.94. The number of piperidine rings is 1. The molecule has 0 spiro atoms. The van der Waals surface area contributed by atoms with E-state index in [1.165, 1.54) is 0 Å². The molecule has 1 atom stereocenters. The topological polar surface area (TPSA) is 92.8 Å². The van der Waals surface area contributed by atoms with Crippen molar-refractivity contribution in [3.63, 3.8) is 0 Å². The summed E-state index contributed by atoms with van der Waals surface area (Å²) in [6, 6.07) is 4.22. The zero-order valence-corrected chi connectivity index (χ0v) is 15.6. The summed E-state index contributed by atoms with van der Waals surface area (Å²) in [6.07, 6.45) is 3.87. The Morgan fingerprint density at radius 3 is 2.70 bits per heavy atom. The van der Waals surface area contributed by atoms with Crippen LogP contribution in [0.4, 0.5) is 0 Å². The molecule has 3 rings (SSSR count). The molecule has 1 N–H and O–H groups in total. The molecule has 7 heteroatoms. The van der Waals surface area contributed by atoms with Crippen molar-refractivity contribution in [3.05, 3.63) is 29.3 Å². The number of amides is 4. The van der Waals surface area contributed by atoms with Crippen molar-refractivity contribution < 1.29 is 23.9 Å². The summed E-state index contributed by atoms with van der Waals surface area (Å²) in [5.41, 5.74) is 1.00. The van der Waals surface area contributed by atoms with Gasteiger partial charge in [-0.05, 0) is 49.8 Å². The molecular formula is C20H24N2O5. The number of carbonyl (C=O) groups is 4. The first-order chi connectivity index (χ1) is 12.9. The quantitative estimate of drug-likeness (QED) is 0.609. The smallest absolute Gasteiger partial charge is 0.261 e. The molecule has 7 nitrogen and oxygen atoms in total. The summed E-state index contributed by atoms with van der Waals surface area (Å²) >= 11 is 0. The summed E-state index contributed by atoms with van der Waals surface area (Å²) in [4.78, 5) is 48.7. The minimum Gasteiger partial charge on any atom is -0.490 e. The molecule has 1 unspecified atom stereocenters. The molecule has 1 aliphatic heterocycles. The van der Waals surface area contributed by atoms with Gasteiger partial charge in [-0.2, -0.15) is 0 Å². The van der Waals surface area contributed by atoms with Crippen molar-refractivity contribution in [1.29, 1.82) is 0 Å². The second kappa shape index (κ2) is 7.90. The molecule has 1 heterocycles. The van der Waals surface area contributed by atoms with Crippen molar-refractivity contribution in [2.75, 3.05) is 0 Å². The number of hydrogen-bond donors (Lipinski definition) is 1. The lowest BCUT2D eigenvalue weighted by Gasteiger charge is -2.35. The Morgan fingerprint density at radius 1 is 1.33 bits per heavy atom. The number of carbonyl (C=O) groups excluding carboxylic acids is 4. The van der Waals surface area contributed by atoms with Gasteiger partial charge in [-0.25, -0.2) is 0 Å². The van der Waals surface area contributed by atoms with Crippen LogP contribution in [-0.2, 0) is 14.4 Å². The molecule has 1 aliphatic carbocycles. The van der Waals surface area contributed by atoms with E-state index in [-0.39, 0.29) is 18.9 Å². The molecule has 0 bridgehead atoms. The normalized spacial score (nSPS) is 24.6. The zero-order chi connectivity index (χ0) is 19.6. The van der Waals surface area contributed by atoms with Crippen molar-refractivity contribution in [3.8, 4) is 5.75 Å². The summed E-state index contributed by atoms with van der Waals surface area (Å²) in [5.74, 6) is -0.316. The van der Waals surface area contributed by atoms with E-state index in [2.05, 4.69) is 12.2 Å². The Labute approximate surface area is 158 Å². The van der Waals surface area contributed by atoms with Gasteiger partial charge in [-0.3, -0.25) is 29.4 Å². The van der Waals surface area contributed by atoms with Gasteiger partial charge in [0.05, 0.1) is 6.10 Å². The first-order valence-electron chi connectivity index (χ1n) is 9.31. The van der Waals surface area contributed by atoms with Crippen molar-refractivity contribution in [2.24, 2.45) is 5.92 Å². The van der Waals surface area contributed by atoms with Crippen molar-refractivity contribution >= 4 is 24.1 Å². The van der Waals surface area contributed by atoms with E-state index in [0.29, 0.717) is 29.2 Å². The van der Waals surface area contributed by atoms with E-state index < -0.39 is 23.8 Å². The van der Waals surface area contributed by atoms with Gasteiger partial charge < -0.3 is 4.74 Å². The maximum absolute atomic E-state index is 12.9. The van der Waals surface area contributed by atoms with Crippen LogP contribution in [-0.4, -0.2) is 41.2 Å².